The first-order chi connectivity index (χ1) is 13.7. The average Bonchev–Trinajstić information content (AvgIpc) is 2.70. The van der Waals surface area contributed by atoms with Crippen LogP contribution in [0.3, 0.4) is 0 Å². The minimum absolute atomic E-state index is 0.121. The summed E-state index contributed by atoms with van der Waals surface area (Å²) in [6.45, 7) is 1.89. The normalized spacial score (nSPS) is 12.1. The van der Waals surface area contributed by atoms with Crippen LogP contribution in [0.15, 0.2) is 54.6 Å². The van der Waals surface area contributed by atoms with Gasteiger partial charge in [-0.05, 0) is 56.0 Å². The lowest BCUT2D eigenvalue weighted by atomic mass is 10.0. The number of aliphatic hydroxyl groups excluding tert-OH is 1. The van der Waals surface area contributed by atoms with Gasteiger partial charge in [0.05, 0.1) is 6.10 Å². The van der Waals surface area contributed by atoms with Gasteiger partial charge in [-0.15, -0.1) is 0 Å². The van der Waals surface area contributed by atoms with E-state index in [1.54, 1.807) is 0 Å². The van der Waals surface area contributed by atoms with Gasteiger partial charge in [0.25, 0.3) is 0 Å². The number of nitrogens with one attached hydrogen (secondary N) is 1. The van der Waals surface area contributed by atoms with Gasteiger partial charge in [0, 0.05) is 11.4 Å². The highest BCUT2D eigenvalue weighted by Gasteiger charge is 1.98. The van der Waals surface area contributed by atoms with Crippen LogP contribution in [0.4, 0.5) is 11.4 Å². The number of aryl methyl sites for hydroxylation is 1. The summed E-state index contributed by atoms with van der Waals surface area (Å²) in [6.07, 6.45) is 15.4. The summed E-state index contributed by atoms with van der Waals surface area (Å²) in [5, 5.41) is 12.7. The molecule has 0 saturated heterocycles. The maximum absolute atomic E-state index is 9.23. The molecule has 0 aliphatic rings. The molecule has 0 aromatic heterocycles. The van der Waals surface area contributed by atoms with E-state index in [4.69, 9.17) is 0 Å². The maximum Gasteiger partial charge on any atom is 0.0512 e. The molecule has 154 valence electrons. The third-order valence-electron chi connectivity index (χ3n) is 5.35. The molecular formula is C26H39NO. The van der Waals surface area contributed by atoms with E-state index in [1.807, 2.05) is 13.0 Å². The van der Waals surface area contributed by atoms with Crippen molar-refractivity contribution < 1.29 is 5.11 Å². The molecule has 0 fully saturated rings. The van der Waals surface area contributed by atoms with Gasteiger partial charge in [0.15, 0.2) is 0 Å². The van der Waals surface area contributed by atoms with E-state index in [9.17, 15) is 5.11 Å². The van der Waals surface area contributed by atoms with Gasteiger partial charge < -0.3 is 10.4 Å². The lowest BCUT2D eigenvalue weighted by molar-refractivity contribution is 0.180. The monoisotopic (exact) mass is 381 g/mol. The number of hydrogen-bond donors (Lipinski definition) is 2. The van der Waals surface area contributed by atoms with Crippen LogP contribution in [0, 0.1) is 0 Å². The largest absolute Gasteiger partial charge is 0.393 e. The zero-order valence-corrected chi connectivity index (χ0v) is 17.7. The Kier molecular flexibility index (Phi) is 11.4. The van der Waals surface area contributed by atoms with E-state index < -0.39 is 0 Å². The molecular weight excluding hydrogens is 342 g/mol. The minimum atomic E-state index is -0.121. The van der Waals surface area contributed by atoms with Gasteiger partial charge in [0.1, 0.15) is 0 Å². The Morgan fingerprint density at radius 2 is 1.14 bits per heavy atom. The Balaban J connectivity index is 1.44. The summed E-state index contributed by atoms with van der Waals surface area (Å²) in [5.74, 6) is 0. The molecule has 1 unspecified atom stereocenters. The lowest BCUT2D eigenvalue weighted by Gasteiger charge is -2.08. The van der Waals surface area contributed by atoms with Gasteiger partial charge in [0.2, 0.25) is 0 Å². The molecule has 0 aliphatic heterocycles. The van der Waals surface area contributed by atoms with Crippen LogP contribution in [-0.2, 0) is 6.42 Å². The summed E-state index contributed by atoms with van der Waals surface area (Å²) in [4.78, 5) is 0. The second-order valence-corrected chi connectivity index (χ2v) is 8.11. The second kappa shape index (κ2) is 14.2. The highest BCUT2D eigenvalue weighted by atomic mass is 16.3. The SMILES string of the molecule is CC(O)CCCCCCCCCCCCc1ccc(Nc2ccccc2)cc1. The van der Waals surface area contributed by atoms with Crippen molar-refractivity contribution in [2.75, 3.05) is 5.32 Å². The molecule has 2 aromatic carbocycles. The first kappa shape index (κ1) is 22.5. The quantitative estimate of drug-likeness (QED) is 0.311. The third kappa shape index (κ3) is 10.5. The van der Waals surface area contributed by atoms with Gasteiger partial charge in [-0.3, -0.25) is 0 Å². The number of benzene rings is 2. The first-order valence-electron chi connectivity index (χ1n) is 11.3. The third-order valence-corrected chi connectivity index (χ3v) is 5.35. The number of unbranched alkanes of at least 4 members (excludes halogenated alkanes) is 9. The van der Waals surface area contributed by atoms with E-state index >= 15 is 0 Å². The fraction of sp³-hybridized carbons (Fsp3) is 0.538. The molecule has 0 bridgehead atoms. The number of para-hydroxylation sites is 1. The molecule has 0 spiro atoms. The van der Waals surface area contributed by atoms with Gasteiger partial charge in [-0.2, -0.15) is 0 Å². The van der Waals surface area contributed by atoms with Crippen LogP contribution in [0.2, 0.25) is 0 Å². The zero-order chi connectivity index (χ0) is 19.9. The lowest BCUT2D eigenvalue weighted by Crippen LogP contribution is -1.98. The van der Waals surface area contributed by atoms with Crippen LogP contribution in [0.1, 0.15) is 83.1 Å². The molecule has 0 heterocycles. The Bertz CT molecular complexity index is 606. The Morgan fingerprint density at radius 1 is 0.643 bits per heavy atom. The van der Waals surface area contributed by atoms with Gasteiger partial charge >= 0.3 is 0 Å². The molecule has 2 N–H and O–H groups in total. The van der Waals surface area contributed by atoms with Gasteiger partial charge in [-0.25, -0.2) is 0 Å². The van der Waals surface area contributed by atoms with Crippen molar-refractivity contribution in [1.29, 1.82) is 0 Å². The molecule has 2 aromatic rings. The van der Waals surface area contributed by atoms with Crippen LogP contribution in [0.25, 0.3) is 0 Å². The van der Waals surface area contributed by atoms with Crippen molar-refractivity contribution in [2.24, 2.45) is 0 Å². The van der Waals surface area contributed by atoms with E-state index in [-0.39, 0.29) is 6.10 Å². The Hall–Kier alpha value is -1.80. The van der Waals surface area contributed by atoms with Crippen molar-refractivity contribution in [3.63, 3.8) is 0 Å². The second-order valence-electron chi connectivity index (χ2n) is 8.11. The summed E-state index contributed by atoms with van der Waals surface area (Å²) >= 11 is 0. The fourth-order valence-corrected chi connectivity index (χ4v) is 3.63. The van der Waals surface area contributed by atoms with Crippen molar-refractivity contribution >= 4 is 11.4 Å². The summed E-state index contributed by atoms with van der Waals surface area (Å²) in [6, 6.07) is 19.2. The van der Waals surface area contributed by atoms with Gasteiger partial charge in [-0.1, -0.05) is 88.1 Å². The smallest absolute Gasteiger partial charge is 0.0512 e. The van der Waals surface area contributed by atoms with Crippen molar-refractivity contribution in [1.82, 2.24) is 0 Å². The molecule has 0 saturated carbocycles. The van der Waals surface area contributed by atoms with Crippen LogP contribution >= 0.6 is 0 Å². The molecule has 0 aliphatic carbocycles. The summed E-state index contributed by atoms with van der Waals surface area (Å²) in [7, 11) is 0. The Labute approximate surface area is 172 Å². The molecule has 28 heavy (non-hydrogen) atoms. The average molecular weight is 382 g/mol. The van der Waals surface area contributed by atoms with E-state index in [1.165, 1.54) is 76.2 Å². The number of rotatable bonds is 15. The predicted octanol–water partition coefficient (Wildman–Crippen LogP) is 7.64. The number of hydrogen-bond acceptors (Lipinski definition) is 2. The fourth-order valence-electron chi connectivity index (χ4n) is 3.63. The topological polar surface area (TPSA) is 32.3 Å². The highest BCUT2D eigenvalue weighted by Crippen LogP contribution is 2.18. The van der Waals surface area contributed by atoms with Crippen molar-refractivity contribution in [3.8, 4) is 0 Å². The summed E-state index contributed by atoms with van der Waals surface area (Å²) < 4.78 is 0. The highest BCUT2D eigenvalue weighted by molar-refractivity contribution is 5.59. The van der Waals surface area contributed by atoms with E-state index in [0.717, 1.165) is 17.8 Å². The minimum Gasteiger partial charge on any atom is -0.393 e. The number of anilines is 2. The van der Waals surface area contributed by atoms with Crippen LogP contribution in [0.5, 0.6) is 0 Å². The molecule has 2 heteroatoms. The van der Waals surface area contributed by atoms with E-state index in [2.05, 4.69) is 53.8 Å². The number of aliphatic hydroxyl groups is 1. The van der Waals surface area contributed by atoms with Crippen LogP contribution < -0.4 is 5.32 Å². The van der Waals surface area contributed by atoms with Crippen LogP contribution in [-0.4, -0.2) is 11.2 Å². The first-order valence-corrected chi connectivity index (χ1v) is 11.3. The molecule has 2 rings (SSSR count). The van der Waals surface area contributed by atoms with Crippen molar-refractivity contribution in [3.05, 3.63) is 60.2 Å². The predicted molar refractivity (Wildman–Crippen MR) is 122 cm³/mol. The maximum atomic E-state index is 9.23. The van der Waals surface area contributed by atoms with Crippen molar-refractivity contribution in [2.45, 2.75) is 90.1 Å². The molecule has 2 nitrogen and oxygen atoms in total. The molecule has 0 amide bonds. The summed E-state index contributed by atoms with van der Waals surface area (Å²) in [5.41, 5.74) is 3.73. The van der Waals surface area contributed by atoms with E-state index in [0.29, 0.717) is 0 Å². The molecule has 0 radical (unpaired) electrons. The standard InChI is InChI=1S/C26H39NO/c1-23(28)15-11-8-6-4-2-3-5-7-9-12-16-24-19-21-26(22-20-24)27-25-17-13-10-14-18-25/h10,13-14,17-23,27-28H,2-9,11-12,15-16H2,1H3. The zero-order valence-electron chi connectivity index (χ0n) is 17.7. The Morgan fingerprint density at radius 3 is 1.71 bits per heavy atom. The molecule has 1 atom stereocenters.